The van der Waals surface area contributed by atoms with Crippen LogP contribution in [-0.4, -0.2) is 24.2 Å². The largest absolute Gasteiger partial charge is 0.451 e. The van der Waals surface area contributed by atoms with Gasteiger partial charge in [-0.25, -0.2) is 0 Å². The minimum absolute atomic E-state index is 0.0691. The van der Waals surface area contributed by atoms with Crippen LogP contribution in [0.4, 0.5) is 0 Å². The van der Waals surface area contributed by atoms with Gasteiger partial charge in [0.1, 0.15) is 5.58 Å². The number of aryl methyl sites for hydroxylation is 1. The second-order valence-corrected chi connectivity index (χ2v) is 5.70. The average Bonchev–Trinajstić information content (AvgIpc) is 2.92. The van der Waals surface area contributed by atoms with Crippen molar-refractivity contribution in [3.63, 3.8) is 0 Å². The molecule has 1 aromatic carbocycles. The number of furan rings is 1. The molecule has 0 aliphatic rings. The van der Waals surface area contributed by atoms with Gasteiger partial charge >= 0.3 is 0 Å². The molecular formula is C17H23NO3. The summed E-state index contributed by atoms with van der Waals surface area (Å²) in [6.45, 7) is 6.57. The molecule has 1 amide bonds. The summed E-state index contributed by atoms with van der Waals surface area (Å²) in [5.74, 6) is 0.0817. The van der Waals surface area contributed by atoms with Crippen LogP contribution in [-0.2, 0) is 0 Å². The molecule has 21 heavy (non-hydrogen) atoms. The SMILES string of the molecule is CCC(CC)(CO)CNC(=O)c1cc2cc(C)ccc2o1. The molecule has 4 heteroatoms. The number of nitrogens with one attached hydrogen (secondary N) is 1. The minimum Gasteiger partial charge on any atom is -0.451 e. The molecule has 114 valence electrons. The normalized spacial score (nSPS) is 11.8. The molecule has 2 aromatic rings. The predicted octanol–water partition coefficient (Wildman–Crippen LogP) is 3.27. The van der Waals surface area contributed by atoms with Crippen molar-refractivity contribution in [3.05, 3.63) is 35.6 Å². The van der Waals surface area contributed by atoms with Crippen LogP contribution in [0.25, 0.3) is 11.0 Å². The lowest BCUT2D eigenvalue weighted by molar-refractivity contribution is 0.0829. The van der Waals surface area contributed by atoms with Crippen molar-refractivity contribution in [2.75, 3.05) is 13.2 Å². The molecule has 0 atom stereocenters. The lowest BCUT2D eigenvalue weighted by Gasteiger charge is -2.29. The van der Waals surface area contributed by atoms with Crippen molar-refractivity contribution in [2.45, 2.75) is 33.6 Å². The van der Waals surface area contributed by atoms with Crippen LogP contribution in [0, 0.1) is 12.3 Å². The van der Waals surface area contributed by atoms with Crippen molar-refractivity contribution < 1.29 is 14.3 Å². The fourth-order valence-electron chi connectivity index (χ4n) is 2.41. The van der Waals surface area contributed by atoms with Crippen LogP contribution in [0.15, 0.2) is 28.7 Å². The van der Waals surface area contributed by atoms with Gasteiger partial charge in [0.2, 0.25) is 0 Å². The highest BCUT2D eigenvalue weighted by Gasteiger charge is 2.26. The Kier molecular flexibility index (Phi) is 4.68. The van der Waals surface area contributed by atoms with Crippen molar-refractivity contribution in [3.8, 4) is 0 Å². The fraction of sp³-hybridized carbons (Fsp3) is 0.471. The Balaban J connectivity index is 2.12. The van der Waals surface area contributed by atoms with E-state index in [-0.39, 0.29) is 17.9 Å². The molecule has 0 aliphatic heterocycles. The van der Waals surface area contributed by atoms with Gasteiger partial charge < -0.3 is 14.8 Å². The zero-order valence-electron chi connectivity index (χ0n) is 12.9. The summed E-state index contributed by atoms with van der Waals surface area (Å²) in [4.78, 5) is 12.2. The fourth-order valence-corrected chi connectivity index (χ4v) is 2.41. The maximum absolute atomic E-state index is 12.2. The summed E-state index contributed by atoms with van der Waals surface area (Å²) in [7, 11) is 0. The molecule has 4 nitrogen and oxygen atoms in total. The molecule has 0 bridgehead atoms. The quantitative estimate of drug-likeness (QED) is 0.858. The van der Waals surface area contributed by atoms with E-state index in [1.165, 1.54) is 0 Å². The first-order valence-electron chi connectivity index (χ1n) is 7.43. The second kappa shape index (κ2) is 6.31. The van der Waals surface area contributed by atoms with E-state index in [4.69, 9.17) is 4.42 Å². The maximum atomic E-state index is 12.2. The zero-order chi connectivity index (χ0) is 15.5. The Morgan fingerprint density at radius 2 is 2.00 bits per heavy atom. The number of carbonyl (C=O) groups excluding carboxylic acids is 1. The molecule has 0 fully saturated rings. The molecule has 0 unspecified atom stereocenters. The van der Waals surface area contributed by atoms with Crippen LogP contribution in [0.5, 0.6) is 0 Å². The minimum atomic E-state index is -0.252. The molecule has 0 radical (unpaired) electrons. The summed E-state index contributed by atoms with van der Waals surface area (Å²) in [6, 6.07) is 7.58. The monoisotopic (exact) mass is 289 g/mol. The first kappa shape index (κ1) is 15.6. The van der Waals surface area contributed by atoms with Gasteiger partial charge in [0.25, 0.3) is 5.91 Å². The molecule has 1 heterocycles. The molecule has 0 saturated carbocycles. The number of aliphatic hydroxyl groups is 1. The number of amides is 1. The number of fused-ring (bicyclic) bond motifs is 1. The summed E-state index contributed by atoms with van der Waals surface area (Å²) < 4.78 is 5.58. The van der Waals surface area contributed by atoms with Gasteiger partial charge in [-0.05, 0) is 38.0 Å². The Morgan fingerprint density at radius 1 is 1.29 bits per heavy atom. The van der Waals surface area contributed by atoms with E-state index in [1.807, 2.05) is 39.0 Å². The zero-order valence-corrected chi connectivity index (χ0v) is 12.9. The Labute approximate surface area is 125 Å². The summed E-state index contributed by atoms with van der Waals surface area (Å²) >= 11 is 0. The highest BCUT2D eigenvalue weighted by atomic mass is 16.3. The number of rotatable bonds is 6. The Hall–Kier alpha value is -1.81. The van der Waals surface area contributed by atoms with Crippen molar-refractivity contribution in [1.29, 1.82) is 0 Å². The summed E-state index contributed by atoms with van der Waals surface area (Å²) in [5.41, 5.74) is 1.59. The van der Waals surface area contributed by atoms with Gasteiger partial charge in [-0.15, -0.1) is 0 Å². The molecule has 2 rings (SSSR count). The van der Waals surface area contributed by atoms with Crippen LogP contribution in [0.3, 0.4) is 0 Å². The van der Waals surface area contributed by atoms with Crippen molar-refractivity contribution in [2.24, 2.45) is 5.41 Å². The molecule has 0 spiro atoms. The van der Waals surface area contributed by atoms with E-state index in [2.05, 4.69) is 5.32 Å². The van der Waals surface area contributed by atoms with Crippen LogP contribution in [0.2, 0.25) is 0 Å². The number of carbonyl (C=O) groups is 1. The predicted molar refractivity (Wildman–Crippen MR) is 83.4 cm³/mol. The van der Waals surface area contributed by atoms with Gasteiger partial charge in [0.15, 0.2) is 5.76 Å². The third-order valence-corrected chi connectivity index (χ3v) is 4.35. The number of benzene rings is 1. The molecule has 0 aliphatic carbocycles. The highest BCUT2D eigenvalue weighted by molar-refractivity contribution is 5.96. The summed E-state index contributed by atoms with van der Waals surface area (Å²) in [5, 5.41) is 13.3. The van der Waals surface area contributed by atoms with Crippen LogP contribution >= 0.6 is 0 Å². The third kappa shape index (κ3) is 3.27. The second-order valence-electron chi connectivity index (χ2n) is 5.70. The highest BCUT2D eigenvalue weighted by Crippen LogP contribution is 2.25. The van der Waals surface area contributed by atoms with E-state index < -0.39 is 0 Å². The average molecular weight is 289 g/mol. The van der Waals surface area contributed by atoms with Crippen molar-refractivity contribution >= 4 is 16.9 Å². The van der Waals surface area contributed by atoms with Gasteiger partial charge in [-0.1, -0.05) is 25.5 Å². The van der Waals surface area contributed by atoms with E-state index in [0.717, 1.165) is 23.8 Å². The first-order chi connectivity index (χ1) is 10.0. The number of hydrogen-bond donors (Lipinski definition) is 2. The molecular weight excluding hydrogens is 266 g/mol. The lowest BCUT2D eigenvalue weighted by atomic mass is 9.83. The Bertz CT molecular complexity index is 618. The van der Waals surface area contributed by atoms with Crippen molar-refractivity contribution in [1.82, 2.24) is 5.32 Å². The van der Waals surface area contributed by atoms with E-state index in [9.17, 15) is 9.90 Å². The van der Waals surface area contributed by atoms with Crippen LogP contribution < -0.4 is 5.32 Å². The van der Waals surface area contributed by atoms with Gasteiger partial charge in [-0.3, -0.25) is 4.79 Å². The van der Waals surface area contributed by atoms with Crippen LogP contribution in [0.1, 0.15) is 42.8 Å². The van der Waals surface area contributed by atoms with E-state index >= 15 is 0 Å². The standard InChI is InChI=1S/C17H23NO3/c1-4-17(5-2,11-19)10-18-16(20)15-9-13-8-12(3)6-7-14(13)21-15/h6-9,19H,4-5,10-11H2,1-3H3,(H,18,20). The molecule has 0 saturated heterocycles. The van der Waals surface area contributed by atoms with Gasteiger partial charge in [0, 0.05) is 17.3 Å². The maximum Gasteiger partial charge on any atom is 0.287 e. The topological polar surface area (TPSA) is 62.5 Å². The number of aliphatic hydroxyl groups excluding tert-OH is 1. The third-order valence-electron chi connectivity index (χ3n) is 4.35. The molecule has 1 aromatic heterocycles. The van der Waals surface area contributed by atoms with E-state index in [0.29, 0.717) is 17.9 Å². The number of hydrogen-bond acceptors (Lipinski definition) is 3. The lowest BCUT2D eigenvalue weighted by Crippen LogP contribution is -2.39. The van der Waals surface area contributed by atoms with Gasteiger partial charge in [-0.2, -0.15) is 0 Å². The smallest absolute Gasteiger partial charge is 0.287 e. The molecule has 2 N–H and O–H groups in total. The first-order valence-corrected chi connectivity index (χ1v) is 7.43. The Morgan fingerprint density at radius 3 is 2.62 bits per heavy atom. The summed E-state index contributed by atoms with van der Waals surface area (Å²) in [6.07, 6.45) is 1.64. The van der Waals surface area contributed by atoms with Gasteiger partial charge in [0.05, 0.1) is 6.61 Å². The van der Waals surface area contributed by atoms with E-state index in [1.54, 1.807) is 6.07 Å².